The number of benzene rings is 1. The molecule has 2 heterocycles. The normalized spacial score (nSPS) is 11.1. The van der Waals surface area contributed by atoms with E-state index in [1.165, 1.54) is 5.17 Å². The zero-order valence-electron chi connectivity index (χ0n) is 8.44. The van der Waals surface area contributed by atoms with E-state index in [1.54, 1.807) is 0 Å². The van der Waals surface area contributed by atoms with Crippen molar-refractivity contribution in [3.8, 4) is 0 Å². The van der Waals surface area contributed by atoms with Crippen molar-refractivity contribution in [3.05, 3.63) is 42.6 Å². The predicted molar refractivity (Wildman–Crippen MR) is 62.4 cm³/mol. The van der Waals surface area contributed by atoms with Crippen molar-refractivity contribution < 1.29 is 0 Å². The maximum absolute atomic E-state index is 4.62. The first kappa shape index (κ1) is 9.87. The van der Waals surface area contributed by atoms with Gasteiger partial charge in [-0.05, 0) is 0 Å². The van der Waals surface area contributed by atoms with E-state index >= 15 is 0 Å². The van der Waals surface area contributed by atoms with Gasteiger partial charge in [0, 0.05) is 0 Å². The second-order valence-electron chi connectivity index (χ2n) is 3.67. The fraction of sp³-hybridized carbons (Fsp3) is 0. The number of aromatic nitrogens is 2. The number of pyridine rings is 2. The molecular weight excluding hydrogens is 211 g/mol. The first-order valence-corrected chi connectivity index (χ1v) is 6.52. The van der Waals surface area contributed by atoms with Gasteiger partial charge in [0.2, 0.25) is 0 Å². The summed E-state index contributed by atoms with van der Waals surface area (Å²) in [5, 5.41) is 2.34. The van der Waals surface area contributed by atoms with E-state index in [2.05, 4.69) is 40.3 Å². The van der Waals surface area contributed by atoms with Gasteiger partial charge < -0.3 is 0 Å². The fourth-order valence-electron chi connectivity index (χ4n) is 1.82. The first-order chi connectivity index (χ1) is 7.34. The Morgan fingerprint density at radius 2 is 1.60 bits per heavy atom. The Labute approximate surface area is 121 Å². The van der Waals surface area contributed by atoms with Crippen LogP contribution in [0.15, 0.2) is 42.6 Å². The summed E-state index contributed by atoms with van der Waals surface area (Å²) in [4.78, 5) is 9.03. The predicted octanol–water partition coefficient (Wildman–Crippen LogP) is 1.58. The quantitative estimate of drug-likeness (QED) is 0.423. The number of nitrogens with zero attached hydrogens (tertiary/aromatic N) is 2. The van der Waals surface area contributed by atoms with Crippen molar-refractivity contribution in [1.82, 2.24) is 9.97 Å². The van der Waals surface area contributed by atoms with Gasteiger partial charge in [0.25, 0.3) is 0 Å². The number of rotatable bonds is 0. The van der Waals surface area contributed by atoms with Crippen molar-refractivity contribution in [2.45, 2.75) is 0 Å². The van der Waals surface area contributed by atoms with Gasteiger partial charge in [-0.3, -0.25) is 0 Å². The summed E-state index contributed by atoms with van der Waals surface area (Å²) in [5.41, 5.74) is 2.06. The molecule has 0 aliphatic heterocycles. The second-order valence-corrected chi connectivity index (χ2v) is 5.26. The van der Waals surface area contributed by atoms with Crippen molar-refractivity contribution in [3.63, 3.8) is 0 Å². The molecule has 0 saturated heterocycles. The molecule has 0 fully saturated rings. The summed E-state index contributed by atoms with van der Waals surface area (Å²) < 4.78 is 1.22. The monoisotopic (exact) mass is 218 g/mol. The van der Waals surface area contributed by atoms with Gasteiger partial charge in [0.1, 0.15) is 0 Å². The first-order valence-electron chi connectivity index (χ1n) is 4.96. The number of fused-ring (bicyclic) bond motifs is 3. The van der Waals surface area contributed by atoms with E-state index in [9.17, 15) is 0 Å². The van der Waals surface area contributed by atoms with Crippen LogP contribution in [-0.4, -0.2) is 58.9 Å². The molecule has 2 nitrogen and oxygen atoms in total. The summed E-state index contributed by atoms with van der Waals surface area (Å²) in [5.74, 6) is 0. The van der Waals surface area contributed by atoms with Gasteiger partial charge in [-0.1, -0.05) is 0 Å². The fourth-order valence-corrected chi connectivity index (χ4v) is 2.43. The third-order valence-electron chi connectivity index (χ3n) is 2.57. The molecule has 0 aliphatic carbocycles. The van der Waals surface area contributed by atoms with Crippen LogP contribution in [0.3, 0.4) is 0 Å². The molecule has 0 amide bonds. The molecule has 0 unspecified atom stereocenters. The minimum atomic E-state index is 0.623. The Bertz CT molecular complexity index is 649. The second kappa shape index (κ2) is 3.92. The summed E-state index contributed by atoms with van der Waals surface area (Å²) in [6, 6.07) is 12.5. The van der Waals surface area contributed by atoms with Crippen molar-refractivity contribution >= 4 is 70.5 Å². The van der Waals surface area contributed by atoms with Crippen molar-refractivity contribution in [2.24, 2.45) is 0 Å². The Hall–Kier alpha value is -0.324. The van der Waals surface area contributed by atoms with Crippen LogP contribution in [0.2, 0.25) is 0 Å². The summed E-state index contributed by atoms with van der Waals surface area (Å²) in [6.07, 6.45) is 1.83. The average Bonchev–Trinajstić information content (AvgIpc) is 2.29. The van der Waals surface area contributed by atoms with E-state index in [1.807, 2.05) is 12.3 Å². The molecule has 0 aliphatic rings. The van der Waals surface area contributed by atoms with Crippen LogP contribution in [0.4, 0.5) is 0 Å². The van der Waals surface area contributed by atoms with Crippen molar-refractivity contribution in [2.75, 3.05) is 0 Å². The molecular formula is C12H7KN2. The average molecular weight is 218 g/mol. The molecule has 0 spiro atoms. The van der Waals surface area contributed by atoms with Gasteiger partial charge in [-0.2, -0.15) is 0 Å². The molecule has 0 saturated carbocycles. The van der Waals surface area contributed by atoms with E-state index < -0.39 is 0 Å². The zero-order valence-corrected chi connectivity index (χ0v) is 11.6. The van der Waals surface area contributed by atoms with Crippen LogP contribution in [0.5, 0.6) is 0 Å². The third-order valence-corrected chi connectivity index (χ3v) is 3.44. The topological polar surface area (TPSA) is 25.8 Å². The van der Waals surface area contributed by atoms with E-state index in [0.717, 1.165) is 16.4 Å². The molecule has 15 heavy (non-hydrogen) atoms. The Balaban J connectivity index is 2.57. The van der Waals surface area contributed by atoms with Gasteiger partial charge >= 0.3 is 123 Å². The Morgan fingerprint density at radius 3 is 2.47 bits per heavy atom. The van der Waals surface area contributed by atoms with Crippen molar-refractivity contribution in [1.29, 1.82) is 0 Å². The standard InChI is InChI=1S/C12H7N2.K/c1-3-9-5-6-10-4-2-8-14-12(10)11(9)13-7-1;/h1-7H;. The van der Waals surface area contributed by atoms with Crippen LogP contribution < -0.4 is -0.212 Å². The molecule has 0 atom stereocenters. The maximum atomic E-state index is 4.62. The van der Waals surface area contributed by atoms with Crippen LogP contribution in [0, 0.1) is 0 Å². The van der Waals surface area contributed by atoms with Gasteiger partial charge in [0.15, 0.2) is 0 Å². The minimum absolute atomic E-state index is 0.623. The van der Waals surface area contributed by atoms with E-state index in [-0.39, 0.29) is 0 Å². The molecule has 0 bridgehead atoms. The molecule has 0 N–H and O–H groups in total. The molecule has 2 aromatic heterocycles. The van der Waals surface area contributed by atoms with Crippen LogP contribution >= 0.6 is 0 Å². The Kier molecular flexibility index (Phi) is 2.58. The van der Waals surface area contributed by atoms with Crippen LogP contribution in [-0.2, 0) is 0 Å². The van der Waals surface area contributed by atoms with Gasteiger partial charge in [-0.25, -0.2) is 0 Å². The molecule has 3 rings (SSSR count). The molecule has 3 heteroatoms. The SMILES string of the molecule is [K][c]1ccc2ccc3cccnc3c2n1. The molecule has 66 valence electrons. The summed E-state index contributed by atoms with van der Waals surface area (Å²) in [6.45, 7) is 0. The van der Waals surface area contributed by atoms with Gasteiger partial charge in [0.05, 0.1) is 0 Å². The van der Waals surface area contributed by atoms with Gasteiger partial charge in [-0.15, -0.1) is 0 Å². The summed E-state index contributed by atoms with van der Waals surface area (Å²) in [7, 11) is 0. The zero-order chi connectivity index (χ0) is 10.3. The van der Waals surface area contributed by atoms with E-state index in [4.69, 9.17) is 0 Å². The number of hydrogen-bond acceptors (Lipinski definition) is 2. The Morgan fingerprint density at radius 1 is 0.867 bits per heavy atom. The molecule has 3 aromatic rings. The third kappa shape index (κ3) is 1.75. The number of hydrogen-bond donors (Lipinski definition) is 0. The van der Waals surface area contributed by atoms with E-state index in [0.29, 0.717) is 49.0 Å². The van der Waals surface area contributed by atoms with Crippen LogP contribution in [0.25, 0.3) is 21.8 Å². The van der Waals surface area contributed by atoms with Crippen LogP contribution in [0.1, 0.15) is 0 Å². The molecule has 1 aromatic carbocycles. The summed E-state index contributed by atoms with van der Waals surface area (Å²) >= 11 is 0.623. The molecule has 0 radical (unpaired) electrons.